The highest BCUT2D eigenvalue weighted by Gasteiger charge is 2.16. The summed E-state index contributed by atoms with van der Waals surface area (Å²) in [6.07, 6.45) is 4.85. The summed E-state index contributed by atoms with van der Waals surface area (Å²) in [5, 5.41) is 4.76. The molecular weight excluding hydrogens is 240 g/mol. The molecule has 2 aromatic rings. The molecule has 3 rings (SSSR count). The third kappa shape index (κ3) is 2.43. The minimum atomic E-state index is 0.830. The molecule has 2 nitrogen and oxygen atoms in total. The Balaban J connectivity index is 1.84. The average Bonchev–Trinajstić information content (AvgIpc) is 2.82. The van der Waals surface area contributed by atoms with Crippen LogP contribution < -0.4 is 5.32 Å². The van der Waals surface area contributed by atoms with E-state index in [4.69, 9.17) is 4.98 Å². The van der Waals surface area contributed by atoms with Gasteiger partial charge in [-0.1, -0.05) is 19.1 Å². The maximum absolute atomic E-state index is 4.88. The standard InChI is InChI=1S/C15H20N2S/c1-2-12-4-3-5-13-15(12)17-14(18-13)10-11-6-8-16-9-7-11/h3-5,11,16H,2,6-10H2,1H3. The van der Waals surface area contributed by atoms with E-state index in [-0.39, 0.29) is 0 Å². The number of benzene rings is 1. The lowest BCUT2D eigenvalue weighted by atomic mass is 9.95. The second-order valence-electron chi connectivity index (χ2n) is 5.12. The van der Waals surface area contributed by atoms with E-state index in [1.807, 2.05) is 11.3 Å². The number of hydrogen-bond acceptors (Lipinski definition) is 3. The van der Waals surface area contributed by atoms with Crippen LogP contribution in [0.5, 0.6) is 0 Å². The highest BCUT2D eigenvalue weighted by molar-refractivity contribution is 7.18. The fraction of sp³-hybridized carbons (Fsp3) is 0.533. The number of para-hydroxylation sites is 1. The lowest BCUT2D eigenvalue weighted by molar-refractivity contribution is 0.372. The Bertz CT molecular complexity index is 526. The summed E-state index contributed by atoms with van der Waals surface area (Å²) in [6, 6.07) is 6.57. The molecule has 0 unspecified atom stereocenters. The molecule has 18 heavy (non-hydrogen) atoms. The predicted molar refractivity (Wildman–Crippen MR) is 78.3 cm³/mol. The molecule has 0 bridgehead atoms. The molecule has 1 aromatic carbocycles. The van der Waals surface area contributed by atoms with Gasteiger partial charge in [0.15, 0.2) is 0 Å². The number of thiazole rings is 1. The summed E-state index contributed by atoms with van der Waals surface area (Å²) in [7, 11) is 0. The SMILES string of the molecule is CCc1cccc2sc(CC3CCNCC3)nc12. The number of aromatic nitrogens is 1. The summed E-state index contributed by atoms with van der Waals surface area (Å²) >= 11 is 1.89. The number of fused-ring (bicyclic) bond motifs is 1. The molecule has 96 valence electrons. The number of nitrogens with one attached hydrogen (secondary N) is 1. The first kappa shape index (κ1) is 12.1. The average molecular weight is 260 g/mol. The van der Waals surface area contributed by atoms with Crippen LogP contribution in [0, 0.1) is 5.92 Å². The summed E-state index contributed by atoms with van der Waals surface area (Å²) in [5.41, 5.74) is 2.63. The minimum Gasteiger partial charge on any atom is -0.317 e. The molecule has 1 aliphatic rings. The van der Waals surface area contributed by atoms with Crippen LogP contribution >= 0.6 is 11.3 Å². The van der Waals surface area contributed by atoms with E-state index in [0.29, 0.717) is 0 Å². The monoisotopic (exact) mass is 260 g/mol. The highest BCUT2D eigenvalue weighted by atomic mass is 32.1. The Morgan fingerprint density at radius 3 is 2.94 bits per heavy atom. The second kappa shape index (κ2) is 5.37. The van der Waals surface area contributed by atoms with E-state index in [1.54, 1.807) is 0 Å². The van der Waals surface area contributed by atoms with Crippen molar-refractivity contribution in [1.29, 1.82) is 0 Å². The van der Waals surface area contributed by atoms with Crippen molar-refractivity contribution in [2.75, 3.05) is 13.1 Å². The van der Waals surface area contributed by atoms with Gasteiger partial charge in [0.25, 0.3) is 0 Å². The van der Waals surface area contributed by atoms with Gasteiger partial charge in [-0.05, 0) is 49.9 Å². The fourth-order valence-electron chi connectivity index (χ4n) is 2.76. The number of piperidine rings is 1. The quantitative estimate of drug-likeness (QED) is 0.915. The molecule has 1 fully saturated rings. The molecule has 2 heterocycles. The minimum absolute atomic E-state index is 0.830. The van der Waals surface area contributed by atoms with Crippen molar-refractivity contribution in [1.82, 2.24) is 10.3 Å². The molecule has 1 aliphatic heterocycles. The van der Waals surface area contributed by atoms with Gasteiger partial charge in [0.05, 0.1) is 15.2 Å². The van der Waals surface area contributed by atoms with Gasteiger partial charge in [-0.15, -0.1) is 11.3 Å². The van der Waals surface area contributed by atoms with Gasteiger partial charge in [-0.25, -0.2) is 4.98 Å². The Hall–Kier alpha value is -0.930. The molecule has 1 saturated heterocycles. The van der Waals surface area contributed by atoms with Crippen molar-refractivity contribution in [3.8, 4) is 0 Å². The van der Waals surface area contributed by atoms with Gasteiger partial charge in [-0.2, -0.15) is 0 Å². The molecule has 0 aliphatic carbocycles. The normalized spacial score (nSPS) is 17.4. The van der Waals surface area contributed by atoms with Crippen LogP contribution in [0.25, 0.3) is 10.2 Å². The Kier molecular flexibility index (Phi) is 3.62. The maximum atomic E-state index is 4.88. The summed E-state index contributed by atoms with van der Waals surface area (Å²) < 4.78 is 1.36. The lowest BCUT2D eigenvalue weighted by Crippen LogP contribution is -2.28. The molecule has 0 atom stereocenters. The van der Waals surface area contributed by atoms with Gasteiger partial charge in [0.2, 0.25) is 0 Å². The molecule has 0 radical (unpaired) electrons. The predicted octanol–water partition coefficient (Wildman–Crippen LogP) is 3.40. The Morgan fingerprint density at radius 2 is 2.17 bits per heavy atom. The Morgan fingerprint density at radius 1 is 1.33 bits per heavy atom. The van der Waals surface area contributed by atoms with Gasteiger partial charge < -0.3 is 5.32 Å². The van der Waals surface area contributed by atoms with E-state index in [2.05, 4.69) is 30.4 Å². The van der Waals surface area contributed by atoms with Gasteiger partial charge in [0, 0.05) is 6.42 Å². The maximum Gasteiger partial charge on any atom is 0.0941 e. The van der Waals surface area contributed by atoms with Crippen LogP contribution in [0.1, 0.15) is 30.3 Å². The van der Waals surface area contributed by atoms with Crippen molar-refractivity contribution >= 4 is 21.6 Å². The van der Waals surface area contributed by atoms with Crippen LogP contribution in [0.4, 0.5) is 0 Å². The van der Waals surface area contributed by atoms with Gasteiger partial charge in [-0.3, -0.25) is 0 Å². The third-order valence-electron chi connectivity index (χ3n) is 3.85. The molecule has 1 aromatic heterocycles. The first-order valence-electron chi connectivity index (χ1n) is 6.95. The molecule has 0 saturated carbocycles. The summed E-state index contributed by atoms with van der Waals surface area (Å²) in [4.78, 5) is 4.88. The van der Waals surface area contributed by atoms with Crippen molar-refractivity contribution in [3.63, 3.8) is 0 Å². The van der Waals surface area contributed by atoms with Crippen LogP contribution in [0.15, 0.2) is 18.2 Å². The molecular formula is C15H20N2S. The van der Waals surface area contributed by atoms with Crippen LogP contribution in [-0.2, 0) is 12.8 Å². The molecule has 1 N–H and O–H groups in total. The van der Waals surface area contributed by atoms with Crippen LogP contribution in [0.3, 0.4) is 0 Å². The smallest absolute Gasteiger partial charge is 0.0941 e. The van der Waals surface area contributed by atoms with Gasteiger partial charge in [0.1, 0.15) is 0 Å². The number of aryl methyl sites for hydroxylation is 1. The second-order valence-corrected chi connectivity index (χ2v) is 6.24. The van der Waals surface area contributed by atoms with Crippen molar-refractivity contribution in [2.24, 2.45) is 5.92 Å². The largest absolute Gasteiger partial charge is 0.317 e. The third-order valence-corrected chi connectivity index (χ3v) is 4.89. The van der Waals surface area contributed by atoms with Gasteiger partial charge >= 0.3 is 0 Å². The van der Waals surface area contributed by atoms with Crippen molar-refractivity contribution in [3.05, 3.63) is 28.8 Å². The number of hydrogen-bond donors (Lipinski definition) is 1. The van der Waals surface area contributed by atoms with E-state index in [9.17, 15) is 0 Å². The van der Waals surface area contributed by atoms with E-state index in [0.717, 1.165) is 12.3 Å². The zero-order valence-electron chi connectivity index (χ0n) is 10.9. The van der Waals surface area contributed by atoms with Crippen LogP contribution in [-0.4, -0.2) is 18.1 Å². The Labute approximate surface area is 112 Å². The molecule has 3 heteroatoms. The first-order valence-corrected chi connectivity index (χ1v) is 7.76. The first-order chi connectivity index (χ1) is 8.86. The summed E-state index contributed by atoms with van der Waals surface area (Å²) in [5.74, 6) is 0.830. The van der Waals surface area contributed by atoms with Crippen molar-refractivity contribution in [2.45, 2.75) is 32.6 Å². The zero-order chi connectivity index (χ0) is 12.4. The topological polar surface area (TPSA) is 24.9 Å². The van der Waals surface area contributed by atoms with E-state index < -0.39 is 0 Å². The van der Waals surface area contributed by atoms with E-state index in [1.165, 1.54) is 53.1 Å². The molecule has 0 spiro atoms. The highest BCUT2D eigenvalue weighted by Crippen LogP contribution is 2.28. The lowest BCUT2D eigenvalue weighted by Gasteiger charge is -2.21. The molecule has 0 amide bonds. The van der Waals surface area contributed by atoms with Crippen molar-refractivity contribution < 1.29 is 0 Å². The van der Waals surface area contributed by atoms with Crippen LogP contribution in [0.2, 0.25) is 0 Å². The summed E-state index contributed by atoms with van der Waals surface area (Å²) in [6.45, 7) is 4.56. The number of nitrogens with zero attached hydrogens (tertiary/aromatic N) is 1. The fourth-order valence-corrected chi connectivity index (χ4v) is 3.89. The zero-order valence-corrected chi connectivity index (χ0v) is 11.7. The number of rotatable bonds is 3. The van der Waals surface area contributed by atoms with E-state index >= 15 is 0 Å².